The number of carbonyl (C=O) groups is 1. The van der Waals surface area contributed by atoms with Crippen LogP contribution in [0.25, 0.3) is 0 Å². The Morgan fingerprint density at radius 2 is 2.21 bits per heavy atom. The Hall–Kier alpha value is -0.720. The van der Waals surface area contributed by atoms with Gasteiger partial charge in [0.05, 0.1) is 23.9 Å². The predicted octanol–water partition coefficient (Wildman–Crippen LogP) is 2.70. The first-order valence-electron chi connectivity index (χ1n) is 5.85. The van der Waals surface area contributed by atoms with Gasteiger partial charge in [0.1, 0.15) is 5.75 Å². The van der Waals surface area contributed by atoms with Crippen LogP contribution in [0.3, 0.4) is 0 Å². The maximum Gasteiger partial charge on any atom is 0.233 e. The topological polar surface area (TPSA) is 47.6 Å². The van der Waals surface area contributed by atoms with Gasteiger partial charge in [-0.05, 0) is 25.1 Å². The van der Waals surface area contributed by atoms with E-state index >= 15 is 0 Å². The highest BCUT2D eigenvalue weighted by Crippen LogP contribution is 2.34. The molecule has 1 atom stereocenters. The van der Waals surface area contributed by atoms with Gasteiger partial charge < -0.3 is 14.8 Å². The van der Waals surface area contributed by atoms with E-state index < -0.39 is 0 Å². The number of nitrogens with one attached hydrogen (secondary N) is 1. The molecule has 0 fully saturated rings. The average molecular weight is 348 g/mol. The van der Waals surface area contributed by atoms with Gasteiger partial charge in [-0.15, -0.1) is 11.8 Å². The Morgan fingerprint density at radius 3 is 2.84 bits per heavy atom. The fourth-order valence-electron chi connectivity index (χ4n) is 1.41. The fourth-order valence-corrected chi connectivity index (χ4v) is 2.95. The Kier molecular flexibility index (Phi) is 7.27. The highest BCUT2D eigenvalue weighted by atomic mass is 79.9. The molecule has 0 heterocycles. The SMILES string of the molecule is COCCNC(=O)[C@@H](C)Sc1cc(Br)ccc1OC. The van der Waals surface area contributed by atoms with Gasteiger partial charge in [-0.25, -0.2) is 0 Å². The van der Waals surface area contributed by atoms with Crippen molar-refractivity contribution >= 4 is 33.6 Å². The number of methoxy groups -OCH3 is 2. The Labute approximate surface area is 126 Å². The summed E-state index contributed by atoms with van der Waals surface area (Å²) in [5.74, 6) is 0.758. The third-order valence-electron chi connectivity index (χ3n) is 2.40. The smallest absolute Gasteiger partial charge is 0.233 e. The van der Waals surface area contributed by atoms with Crippen LogP contribution in [0.5, 0.6) is 5.75 Å². The van der Waals surface area contributed by atoms with Crippen molar-refractivity contribution in [3.8, 4) is 5.75 Å². The molecule has 1 aromatic rings. The van der Waals surface area contributed by atoms with Crippen LogP contribution in [-0.2, 0) is 9.53 Å². The summed E-state index contributed by atoms with van der Waals surface area (Å²) in [5, 5.41) is 2.62. The molecule has 1 amide bonds. The largest absolute Gasteiger partial charge is 0.496 e. The molecule has 0 saturated heterocycles. The van der Waals surface area contributed by atoms with Crippen LogP contribution in [0.1, 0.15) is 6.92 Å². The monoisotopic (exact) mass is 347 g/mol. The molecule has 1 N–H and O–H groups in total. The van der Waals surface area contributed by atoms with Crippen molar-refractivity contribution in [2.45, 2.75) is 17.1 Å². The number of rotatable bonds is 7. The highest BCUT2D eigenvalue weighted by Gasteiger charge is 2.16. The van der Waals surface area contributed by atoms with Gasteiger partial charge in [0.15, 0.2) is 0 Å². The number of amides is 1. The highest BCUT2D eigenvalue weighted by molar-refractivity contribution is 9.10. The number of hydrogen-bond donors (Lipinski definition) is 1. The van der Waals surface area contributed by atoms with Crippen molar-refractivity contribution in [1.29, 1.82) is 0 Å². The molecule has 106 valence electrons. The van der Waals surface area contributed by atoms with E-state index in [2.05, 4.69) is 21.2 Å². The molecule has 1 rings (SSSR count). The molecule has 0 aliphatic carbocycles. The zero-order valence-electron chi connectivity index (χ0n) is 11.2. The Balaban J connectivity index is 2.62. The van der Waals surface area contributed by atoms with Crippen LogP contribution in [0, 0.1) is 0 Å². The Morgan fingerprint density at radius 1 is 1.47 bits per heavy atom. The standard InChI is InChI=1S/C13H18BrNO3S/c1-9(13(16)15-6-7-17-2)19-12-8-10(14)4-5-11(12)18-3/h4-5,8-9H,6-7H2,1-3H3,(H,15,16)/t9-/m1/s1. The van der Waals surface area contributed by atoms with Crippen molar-refractivity contribution in [2.24, 2.45) is 0 Å². The van der Waals surface area contributed by atoms with Crippen molar-refractivity contribution in [2.75, 3.05) is 27.4 Å². The van der Waals surface area contributed by atoms with E-state index in [0.717, 1.165) is 15.1 Å². The van der Waals surface area contributed by atoms with Gasteiger partial charge >= 0.3 is 0 Å². The first-order chi connectivity index (χ1) is 9.08. The molecule has 19 heavy (non-hydrogen) atoms. The molecule has 0 radical (unpaired) electrons. The molecule has 0 aliphatic rings. The zero-order chi connectivity index (χ0) is 14.3. The summed E-state index contributed by atoms with van der Waals surface area (Å²) in [4.78, 5) is 12.8. The minimum Gasteiger partial charge on any atom is -0.496 e. The van der Waals surface area contributed by atoms with E-state index in [1.54, 1.807) is 14.2 Å². The lowest BCUT2D eigenvalue weighted by molar-refractivity contribution is -0.120. The lowest BCUT2D eigenvalue weighted by Gasteiger charge is -2.14. The number of ether oxygens (including phenoxy) is 2. The van der Waals surface area contributed by atoms with Gasteiger partial charge in [0, 0.05) is 18.1 Å². The number of benzene rings is 1. The maximum atomic E-state index is 11.9. The molecule has 0 saturated carbocycles. The van der Waals surface area contributed by atoms with Crippen molar-refractivity contribution in [3.05, 3.63) is 22.7 Å². The maximum absolute atomic E-state index is 11.9. The average Bonchev–Trinajstić information content (AvgIpc) is 2.39. The molecule has 0 aliphatic heterocycles. The Bertz CT molecular complexity index is 428. The van der Waals surface area contributed by atoms with Gasteiger partial charge in [0.25, 0.3) is 0 Å². The minimum atomic E-state index is -0.194. The van der Waals surface area contributed by atoms with Gasteiger partial charge in [-0.3, -0.25) is 4.79 Å². The van der Waals surface area contributed by atoms with E-state index in [4.69, 9.17) is 9.47 Å². The first-order valence-corrected chi connectivity index (χ1v) is 7.52. The second-order valence-electron chi connectivity index (χ2n) is 3.84. The number of halogens is 1. The second kappa shape index (κ2) is 8.45. The van der Waals surface area contributed by atoms with Crippen LogP contribution < -0.4 is 10.1 Å². The lowest BCUT2D eigenvalue weighted by Crippen LogP contribution is -2.33. The van der Waals surface area contributed by atoms with E-state index in [1.807, 2.05) is 25.1 Å². The summed E-state index contributed by atoms with van der Waals surface area (Å²) in [5.41, 5.74) is 0. The predicted molar refractivity (Wildman–Crippen MR) is 80.9 cm³/mol. The van der Waals surface area contributed by atoms with Gasteiger partial charge in [-0.1, -0.05) is 15.9 Å². The molecule has 0 aromatic heterocycles. The first kappa shape index (κ1) is 16.3. The third kappa shape index (κ3) is 5.42. The minimum absolute atomic E-state index is 0.0101. The molecule has 0 unspecified atom stereocenters. The van der Waals surface area contributed by atoms with Crippen molar-refractivity contribution in [1.82, 2.24) is 5.32 Å². The normalized spacial score (nSPS) is 12.0. The van der Waals surface area contributed by atoms with E-state index in [0.29, 0.717) is 13.2 Å². The zero-order valence-corrected chi connectivity index (χ0v) is 13.6. The summed E-state index contributed by atoms with van der Waals surface area (Å²) in [6, 6.07) is 5.73. The summed E-state index contributed by atoms with van der Waals surface area (Å²) >= 11 is 4.88. The van der Waals surface area contributed by atoms with E-state index in [9.17, 15) is 4.79 Å². The second-order valence-corrected chi connectivity index (χ2v) is 6.14. The summed E-state index contributed by atoms with van der Waals surface area (Å²) in [6.07, 6.45) is 0. The number of hydrogen-bond acceptors (Lipinski definition) is 4. The molecule has 0 spiro atoms. The fraction of sp³-hybridized carbons (Fsp3) is 0.462. The summed E-state index contributed by atoms with van der Waals surface area (Å²) in [7, 11) is 3.23. The van der Waals surface area contributed by atoms with Crippen LogP contribution in [-0.4, -0.2) is 38.5 Å². The van der Waals surface area contributed by atoms with Gasteiger partial charge in [-0.2, -0.15) is 0 Å². The lowest BCUT2D eigenvalue weighted by atomic mass is 10.3. The molecule has 6 heteroatoms. The molecule has 4 nitrogen and oxygen atoms in total. The molecular weight excluding hydrogens is 330 g/mol. The van der Waals surface area contributed by atoms with Crippen LogP contribution in [0.15, 0.2) is 27.6 Å². The molecule has 1 aromatic carbocycles. The summed E-state index contributed by atoms with van der Waals surface area (Å²) < 4.78 is 11.1. The molecular formula is C13H18BrNO3S. The molecule has 0 bridgehead atoms. The van der Waals surface area contributed by atoms with Crippen LogP contribution >= 0.6 is 27.7 Å². The third-order valence-corrected chi connectivity index (χ3v) is 4.04. The van der Waals surface area contributed by atoms with Crippen LogP contribution in [0.2, 0.25) is 0 Å². The van der Waals surface area contributed by atoms with Crippen LogP contribution in [0.4, 0.5) is 0 Å². The van der Waals surface area contributed by atoms with Crippen molar-refractivity contribution in [3.63, 3.8) is 0 Å². The quantitative estimate of drug-likeness (QED) is 0.608. The van der Waals surface area contributed by atoms with Gasteiger partial charge in [0.2, 0.25) is 5.91 Å². The van der Waals surface area contributed by atoms with Crippen molar-refractivity contribution < 1.29 is 14.3 Å². The van der Waals surface area contributed by atoms with E-state index in [1.165, 1.54) is 11.8 Å². The summed E-state index contributed by atoms with van der Waals surface area (Å²) in [6.45, 7) is 2.91. The van der Waals surface area contributed by atoms with E-state index in [-0.39, 0.29) is 11.2 Å². The number of carbonyl (C=O) groups excluding carboxylic acids is 1. The number of thioether (sulfide) groups is 1.